The quantitative estimate of drug-likeness (QED) is 0.447. The predicted molar refractivity (Wildman–Crippen MR) is 127 cm³/mol. The number of nitrogens with zero attached hydrogens (tertiary/aromatic N) is 1. The van der Waals surface area contributed by atoms with E-state index in [2.05, 4.69) is 31.6 Å². The summed E-state index contributed by atoms with van der Waals surface area (Å²) in [7, 11) is 0. The molecule has 1 unspecified atom stereocenters. The number of esters is 1. The van der Waals surface area contributed by atoms with Gasteiger partial charge in [0.25, 0.3) is 11.8 Å². The van der Waals surface area contributed by atoms with Gasteiger partial charge in [0.1, 0.15) is 0 Å². The smallest absolute Gasteiger partial charge is 0.339 e. The van der Waals surface area contributed by atoms with Gasteiger partial charge in [-0.1, -0.05) is 45.0 Å². The van der Waals surface area contributed by atoms with E-state index >= 15 is 0 Å². The zero-order valence-electron chi connectivity index (χ0n) is 18.9. The highest BCUT2D eigenvalue weighted by Gasteiger charge is 2.33. The number of rotatable bonds is 4. The molecule has 172 valence electrons. The predicted octanol–water partition coefficient (Wildman–Crippen LogP) is 4.07. The summed E-state index contributed by atoms with van der Waals surface area (Å²) in [5.41, 5.74) is 7.77. The molecule has 2 heterocycles. The molecule has 7 nitrogen and oxygen atoms in total. The van der Waals surface area contributed by atoms with Gasteiger partial charge in [0.05, 0.1) is 16.0 Å². The van der Waals surface area contributed by atoms with E-state index < -0.39 is 24.4 Å². The fraction of sp³-hybridized carbons (Fsp3) is 0.360. The number of aromatic nitrogens is 1. The topological polar surface area (TPSA) is 97.4 Å². The first-order valence-electron chi connectivity index (χ1n) is 10.9. The van der Waals surface area contributed by atoms with Gasteiger partial charge >= 0.3 is 5.97 Å². The van der Waals surface area contributed by atoms with E-state index in [-0.39, 0.29) is 5.41 Å². The van der Waals surface area contributed by atoms with E-state index in [1.54, 1.807) is 17.5 Å². The van der Waals surface area contributed by atoms with Crippen molar-refractivity contribution >= 4 is 40.0 Å². The number of fused-ring (bicyclic) bond motifs is 2. The summed E-state index contributed by atoms with van der Waals surface area (Å²) in [6.07, 6.45) is 2.56. The van der Waals surface area contributed by atoms with Crippen molar-refractivity contribution in [2.45, 2.75) is 40.0 Å². The van der Waals surface area contributed by atoms with Gasteiger partial charge in [-0.25, -0.2) is 4.79 Å². The zero-order chi connectivity index (χ0) is 23.6. The Balaban J connectivity index is 1.51. The lowest BCUT2D eigenvalue weighted by Crippen LogP contribution is -2.43. The summed E-state index contributed by atoms with van der Waals surface area (Å²) < 4.78 is 5.38. The van der Waals surface area contributed by atoms with E-state index in [9.17, 15) is 14.4 Å². The minimum absolute atomic E-state index is 0.102. The molecule has 3 aromatic rings. The van der Waals surface area contributed by atoms with Crippen LogP contribution in [0.1, 0.15) is 58.5 Å². The van der Waals surface area contributed by atoms with Crippen molar-refractivity contribution in [3.63, 3.8) is 0 Å². The molecule has 1 atom stereocenters. The monoisotopic (exact) mass is 465 g/mol. The second-order valence-electron chi connectivity index (χ2n) is 9.29. The summed E-state index contributed by atoms with van der Waals surface area (Å²) in [6.45, 7) is 6.13. The molecule has 0 radical (unpaired) electrons. The molecule has 0 spiro atoms. The van der Waals surface area contributed by atoms with E-state index in [1.165, 1.54) is 11.3 Å². The van der Waals surface area contributed by atoms with Crippen LogP contribution in [0.3, 0.4) is 0 Å². The second-order valence-corrected chi connectivity index (χ2v) is 10.2. The molecule has 0 fully saturated rings. The maximum atomic E-state index is 13.2. The molecule has 2 amide bonds. The molecular weight excluding hydrogens is 438 g/mol. The van der Waals surface area contributed by atoms with Crippen molar-refractivity contribution in [2.24, 2.45) is 11.3 Å². The van der Waals surface area contributed by atoms with Crippen molar-refractivity contribution in [3.05, 3.63) is 63.5 Å². The van der Waals surface area contributed by atoms with E-state index in [1.807, 2.05) is 24.3 Å². The van der Waals surface area contributed by atoms with Gasteiger partial charge in [0.2, 0.25) is 0 Å². The Morgan fingerprint density at radius 3 is 2.64 bits per heavy atom. The standard InChI is InChI=1S/C25H27N3O4S/c1-25(2,3)15-10-11-19-17(13-15)22(16-7-4-5-8-18(16)26-19)24(31)32-14-21(29)27-28-23(30)20-9-6-12-33-20/h4-9,12,15H,10-11,13-14H2,1-3H3,(H,27,29)(H,28,30). The zero-order valence-corrected chi connectivity index (χ0v) is 19.8. The molecule has 2 N–H and O–H groups in total. The highest BCUT2D eigenvalue weighted by Crippen LogP contribution is 2.39. The van der Waals surface area contributed by atoms with Gasteiger partial charge in [0, 0.05) is 11.1 Å². The SMILES string of the molecule is CC(C)(C)C1CCc2nc3ccccc3c(C(=O)OCC(=O)NNC(=O)c3cccs3)c2C1. The molecule has 0 aliphatic heterocycles. The summed E-state index contributed by atoms with van der Waals surface area (Å²) in [6, 6.07) is 10.9. The molecule has 0 saturated carbocycles. The van der Waals surface area contributed by atoms with Crippen LogP contribution in [-0.4, -0.2) is 29.4 Å². The minimum Gasteiger partial charge on any atom is -0.452 e. The van der Waals surface area contributed by atoms with Crippen LogP contribution in [-0.2, 0) is 22.4 Å². The normalized spacial score (nSPS) is 15.5. The van der Waals surface area contributed by atoms with Crippen LogP contribution >= 0.6 is 11.3 Å². The minimum atomic E-state index is -0.618. The average Bonchev–Trinajstić information content (AvgIpc) is 3.33. The highest BCUT2D eigenvalue weighted by molar-refractivity contribution is 7.12. The van der Waals surface area contributed by atoms with E-state index in [0.717, 1.165) is 41.4 Å². The Morgan fingerprint density at radius 2 is 1.91 bits per heavy atom. The third-order valence-electron chi connectivity index (χ3n) is 6.08. The third kappa shape index (κ3) is 5.06. The summed E-state index contributed by atoms with van der Waals surface area (Å²) in [5, 5.41) is 2.49. The number of nitrogens with one attached hydrogen (secondary N) is 2. The molecule has 1 aliphatic rings. The molecule has 4 rings (SSSR count). The first-order chi connectivity index (χ1) is 15.7. The number of benzene rings is 1. The lowest BCUT2D eigenvalue weighted by Gasteiger charge is -2.35. The van der Waals surface area contributed by atoms with Crippen LogP contribution < -0.4 is 10.9 Å². The number of hydrogen-bond donors (Lipinski definition) is 2. The first kappa shape index (κ1) is 22.9. The molecule has 1 aromatic carbocycles. The molecular formula is C25H27N3O4S. The van der Waals surface area contributed by atoms with Crippen LogP contribution in [0, 0.1) is 11.3 Å². The molecule has 1 aliphatic carbocycles. The number of ether oxygens (including phenoxy) is 1. The molecule has 8 heteroatoms. The molecule has 0 saturated heterocycles. The van der Waals surface area contributed by atoms with Crippen molar-refractivity contribution in [1.29, 1.82) is 0 Å². The van der Waals surface area contributed by atoms with Gasteiger partial charge in [-0.15, -0.1) is 11.3 Å². The Morgan fingerprint density at radius 1 is 1.12 bits per heavy atom. The average molecular weight is 466 g/mol. The first-order valence-corrected chi connectivity index (χ1v) is 11.8. The van der Waals surface area contributed by atoms with E-state index in [4.69, 9.17) is 9.72 Å². The van der Waals surface area contributed by atoms with Crippen LogP contribution in [0.4, 0.5) is 0 Å². The molecule has 33 heavy (non-hydrogen) atoms. The van der Waals surface area contributed by atoms with Crippen LogP contribution in [0.2, 0.25) is 0 Å². The maximum Gasteiger partial charge on any atom is 0.339 e. The number of hydrazine groups is 1. The largest absolute Gasteiger partial charge is 0.452 e. The van der Waals surface area contributed by atoms with Crippen LogP contribution in [0.25, 0.3) is 10.9 Å². The number of carbonyl (C=O) groups is 3. The van der Waals surface area contributed by atoms with Gasteiger partial charge in [-0.3, -0.25) is 25.4 Å². The van der Waals surface area contributed by atoms with E-state index in [0.29, 0.717) is 16.4 Å². The van der Waals surface area contributed by atoms with Crippen molar-refractivity contribution in [3.8, 4) is 0 Å². The fourth-order valence-corrected chi connectivity index (χ4v) is 4.81. The summed E-state index contributed by atoms with van der Waals surface area (Å²) in [5.74, 6) is -1.19. The van der Waals surface area contributed by atoms with Crippen molar-refractivity contribution in [1.82, 2.24) is 15.8 Å². The number of carbonyl (C=O) groups excluding carboxylic acids is 3. The Kier molecular flexibility index (Phi) is 6.47. The highest BCUT2D eigenvalue weighted by atomic mass is 32.1. The lowest BCUT2D eigenvalue weighted by atomic mass is 9.70. The number of hydrogen-bond acceptors (Lipinski definition) is 6. The summed E-state index contributed by atoms with van der Waals surface area (Å²) in [4.78, 5) is 42.6. The Bertz CT molecular complexity index is 1200. The maximum absolute atomic E-state index is 13.2. The lowest BCUT2D eigenvalue weighted by molar-refractivity contribution is -0.125. The number of aryl methyl sites for hydroxylation is 1. The fourth-order valence-electron chi connectivity index (χ4n) is 4.20. The number of para-hydroxylation sites is 1. The van der Waals surface area contributed by atoms with Crippen LogP contribution in [0.15, 0.2) is 41.8 Å². The van der Waals surface area contributed by atoms with Gasteiger partial charge in [-0.2, -0.15) is 0 Å². The Hall–Kier alpha value is -3.26. The second kappa shape index (κ2) is 9.31. The molecule has 2 aromatic heterocycles. The molecule has 0 bridgehead atoms. The van der Waals surface area contributed by atoms with Gasteiger partial charge in [-0.05, 0) is 53.7 Å². The van der Waals surface area contributed by atoms with Gasteiger partial charge in [0.15, 0.2) is 6.61 Å². The van der Waals surface area contributed by atoms with Crippen LogP contribution in [0.5, 0.6) is 0 Å². The van der Waals surface area contributed by atoms with Crippen molar-refractivity contribution < 1.29 is 19.1 Å². The number of pyridine rings is 1. The van der Waals surface area contributed by atoms with Gasteiger partial charge < -0.3 is 4.74 Å². The van der Waals surface area contributed by atoms with Crippen molar-refractivity contribution in [2.75, 3.05) is 6.61 Å². The number of amides is 2. The number of thiophene rings is 1. The Labute approximate surface area is 196 Å². The summed E-state index contributed by atoms with van der Waals surface area (Å²) >= 11 is 1.26. The third-order valence-corrected chi connectivity index (χ3v) is 6.95.